The molecule has 136 valence electrons. The van der Waals surface area contributed by atoms with Crippen molar-refractivity contribution in [2.24, 2.45) is 0 Å². The van der Waals surface area contributed by atoms with Crippen LogP contribution >= 0.6 is 0 Å². The molecule has 0 spiro atoms. The van der Waals surface area contributed by atoms with E-state index >= 15 is 0 Å². The fourth-order valence-corrected chi connectivity index (χ4v) is 4.14. The number of nitrogens with zero attached hydrogens (tertiary/aromatic N) is 5. The zero-order chi connectivity index (χ0) is 17.6. The van der Waals surface area contributed by atoms with Crippen molar-refractivity contribution in [3.8, 4) is 6.07 Å². The summed E-state index contributed by atoms with van der Waals surface area (Å²) in [5, 5.41) is 9.06. The van der Waals surface area contributed by atoms with E-state index in [4.69, 9.17) is 5.26 Å². The molecular formula is C20H31N5. The normalized spacial score (nSPS) is 22.4. The lowest BCUT2D eigenvalue weighted by Crippen LogP contribution is -2.48. The molecule has 3 heterocycles. The zero-order valence-corrected chi connectivity index (χ0v) is 15.7. The summed E-state index contributed by atoms with van der Waals surface area (Å²) in [6.07, 6.45) is 5.02. The molecule has 5 nitrogen and oxygen atoms in total. The van der Waals surface area contributed by atoms with Crippen molar-refractivity contribution in [1.29, 1.82) is 5.26 Å². The largest absolute Gasteiger partial charge is 0.355 e. The molecule has 0 bridgehead atoms. The number of nitriles is 1. The number of piperidine rings is 1. The van der Waals surface area contributed by atoms with E-state index in [1.54, 1.807) is 6.07 Å². The second-order valence-electron chi connectivity index (χ2n) is 7.39. The smallest absolute Gasteiger partial charge is 0.142 e. The first-order valence-corrected chi connectivity index (χ1v) is 9.81. The topological polar surface area (TPSA) is 46.4 Å². The van der Waals surface area contributed by atoms with Gasteiger partial charge in [-0.05, 0) is 57.8 Å². The SMILES string of the molecule is CC[C@@H](C)N1CCC(N2CCCN(c3cccc(C#N)n3)CC2)CC1. The molecule has 0 aromatic carbocycles. The minimum atomic E-state index is 0.510. The van der Waals surface area contributed by atoms with Crippen LogP contribution in [0.1, 0.15) is 45.2 Å². The van der Waals surface area contributed by atoms with Crippen LogP contribution in [-0.4, -0.2) is 66.1 Å². The number of likely N-dealkylation sites (tertiary alicyclic amines) is 1. The molecule has 0 amide bonds. The van der Waals surface area contributed by atoms with E-state index < -0.39 is 0 Å². The molecule has 2 aliphatic rings. The Morgan fingerprint density at radius 2 is 1.96 bits per heavy atom. The molecule has 2 saturated heterocycles. The molecule has 5 heteroatoms. The predicted octanol–water partition coefficient (Wildman–Crippen LogP) is 2.73. The first-order chi connectivity index (χ1) is 12.2. The molecular weight excluding hydrogens is 310 g/mol. The number of hydrogen-bond donors (Lipinski definition) is 0. The number of aromatic nitrogens is 1. The van der Waals surface area contributed by atoms with Crippen molar-refractivity contribution in [2.45, 2.75) is 51.6 Å². The molecule has 0 saturated carbocycles. The van der Waals surface area contributed by atoms with Crippen LogP contribution in [0.3, 0.4) is 0 Å². The standard InChI is InChI=1S/C20H31N5/c1-3-17(2)23-12-8-19(9-13-23)24-10-5-11-25(15-14-24)20-7-4-6-18(16-21)22-20/h4,6-7,17,19H,3,5,8-15H2,1-2H3/t17-/m1/s1. The molecule has 2 aliphatic heterocycles. The van der Waals surface area contributed by atoms with Crippen LogP contribution in [0.2, 0.25) is 0 Å². The molecule has 0 radical (unpaired) electrons. The van der Waals surface area contributed by atoms with Gasteiger partial charge < -0.3 is 9.80 Å². The van der Waals surface area contributed by atoms with Gasteiger partial charge in [0.15, 0.2) is 0 Å². The predicted molar refractivity (Wildman–Crippen MR) is 102 cm³/mol. The van der Waals surface area contributed by atoms with Crippen LogP contribution in [0.4, 0.5) is 5.82 Å². The molecule has 0 N–H and O–H groups in total. The molecule has 0 aliphatic carbocycles. The van der Waals surface area contributed by atoms with Gasteiger partial charge in [0.1, 0.15) is 17.6 Å². The highest BCUT2D eigenvalue weighted by Crippen LogP contribution is 2.22. The third kappa shape index (κ3) is 4.50. The number of hydrogen-bond acceptors (Lipinski definition) is 5. The van der Waals surface area contributed by atoms with Crippen LogP contribution in [0.15, 0.2) is 18.2 Å². The molecule has 3 rings (SSSR count). The summed E-state index contributed by atoms with van der Waals surface area (Å²) in [6, 6.07) is 9.35. The monoisotopic (exact) mass is 341 g/mol. The van der Waals surface area contributed by atoms with Gasteiger partial charge in [-0.1, -0.05) is 13.0 Å². The summed E-state index contributed by atoms with van der Waals surface area (Å²) in [5.74, 6) is 0.951. The number of anilines is 1. The molecule has 1 aromatic heterocycles. The Morgan fingerprint density at radius 1 is 1.16 bits per heavy atom. The summed E-state index contributed by atoms with van der Waals surface area (Å²) in [6.45, 7) is 11.5. The minimum absolute atomic E-state index is 0.510. The van der Waals surface area contributed by atoms with Gasteiger partial charge in [0.2, 0.25) is 0 Å². The van der Waals surface area contributed by atoms with Crippen LogP contribution in [0.25, 0.3) is 0 Å². The van der Waals surface area contributed by atoms with Crippen LogP contribution in [0, 0.1) is 11.3 Å². The Balaban J connectivity index is 1.54. The van der Waals surface area contributed by atoms with Gasteiger partial charge in [-0.15, -0.1) is 0 Å². The zero-order valence-electron chi connectivity index (χ0n) is 15.7. The van der Waals surface area contributed by atoms with Crippen molar-refractivity contribution < 1.29 is 0 Å². The van der Waals surface area contributed by atoms with Crippen molar-refractivity contribution in [3.05, 3.63) is 23.9 Å². The first kappa shape index (κ1) is 18.2. The fraction of sp³-hybridized carbons (Fsp3) is 0.700. The van der Waals surface area contributed by atoms with E-state index in [-0.39, 0.29) is 0 Å². The molecule has 0 unspecified atom stereocenters. The Bertz CT molecular complexity index is 588. The Kier molecular flexibility index (Phi) is 6.28. The maximum Gasteiger partial charge on any atom is 0.142 e. The number of pyridine rings is 1. The van der Waals surface area contributed by atoms with Gasteiger partial charge in [0, 0.05) is 38.3 Å². The summed E-state index contributed by atoms with van der Waals surface area (Å²) < 4.78 is 0. The van der Waals surface area contributed by atoms with E-state index in [9.17, 15) is 0 Å². The van der Waals surface area contributed by atoms with E-state index in [2.05, 4.69) is 39.6 Å². The lowest BCUT2D eigenvalue weighted by atomic mass is 10.0. The number of rotatable bonds is 4. The van der Waals surface area contributed by atoms with Crippen molar-refractivity contribution in [2.75, 3.05) is 44.2 Å². The highest BCUT2D eigenvalue weighted by atomic mass is 15.3. The quantitative estimate of drug-likeness (QED) is 0.843. The fourth-order valence-electron chi connectivity index (χ4n) is 4.14. The summed E-state index contributed by atoms with van der Waals surface area (Å²) in [4.78, 5) is 12.2. The van der Waals surface area contributed by atoms with Crippen LogP contribution in [0.5, 0.6) is 0 Å². The van der Waals surface area contributed by atoms with E-state index in [0.29, 0.717) is 5.69 Å². The van der Waals surface area contributed by atoms with E-state index in [1.165, 1.54) is 45.3 Å². The highest BCUT2D eigenvalue weighted by molar-refractivity contribution is 5.41. The summed E-state index contributed by atoms with van der Waals surface area (Å²) in [5.41, 5.74) is 0.510. The molecule has 25 heavy (non-hydrogen) atoms. The van der Waals surface area contributed by atoms with Gasteiger partial charge in [-0.3, -0.25) is 4.90 Å². The highest BCUT2D eigenvalue weighted by Gasteiger charge is 2.27. The van der Waals surface area contributed by atoms with Crippen molar-refractivity contribution >= 4 is 5.82 Å². The van der Waals surface area contributed by atoms with Gasteiger partial charge in [0.25, 0.3) is 0 Å². The lowest BCUT2D eigenvalue weighted by molar-refractivity contribution is 0.0906. The molecule has 1 aromatic rings. The Hall–Kier alpha value is -1.64. The summed E-state index contributed by atoms with van der Waals surface area (Å²) in [7, 11) is 0. The van der Waals surface area contributed by atoms with Gasteiger partial charge in [-0.25, -0.2) is 4.98 Å². The van der Waals surface area contributed by atoms with Crippen LogP contribution < -0.4 is 4.90 Å². The second-order valence-corrected chi connectivity index (χ2v) is 7.39. The average Bonchev–Trinajstić information content (AvgIpc) is 2.94. The van der Waals surface area contributed by atoms with Crippen LogP contribution in [-0.2, 0) is 0 Å². The molecule has 2 fully saturated rings. The third-order valence-corrected chi connectivity index (χ3v) is 5.93. The third-order valence-electron chi connectivity index (χ3n) is 5.93. The van der Waals surface area contributed by atoms with Gasteiger partial charge in [-0.2, -0.15) is 5.26 Å². The van der Waals surface area contributed by atoms with Crippen molar-refractivity contribution in [1.82, 2.24) is 14.8 Å². The first-order valence-electron chi connectivity index (χ1n) is 9.81. The average molecular weight is 342 g/mol. The Labute approximate surface area is 152 Å². The summed E-state index contributed by atoms with van der Waals surface area (Å²) >= 11 is 0. The van der Waals surface area contributed by atoms with E-state index in [0.717, 1.165) is 37.5 Å². The van der Waals surface area contributed by atoms with Gasteiger partial charge >= 0.3 is 0 Å². The maximum absolute atomic E-state index is 9.06. The van der Waals surface area contributed by atoms with Gasteiger partial charge in [0.05, 0.1) is 0 Å². The molecule has 1 atom stereocenters. The van der Waals surface area contributed by atoms with E-state index in [1.807, 2.05) is 12.1 Å². The minimum Gasteiger partial charge on any atom is -0.355 e. The lowest BCUT2D eigenvalue weighted by Gasteiger charge is -2.40. The van der Waals surface area contributed by atoms with Crippen molar-refractivity contribution in [3.63, 3.8) is 0 Å². The Morgan fingerprint density at radius 3 is 2.68 bits per heavy atom. The second kappa shape index (κ2) is 8.64. The maximum atomic E-state index is 9.06.